The number of ether oxygens (including phenoxy) is 2. The van der Waals surface area contributed by atoms with E-state index in [4.69, 9.17) is 9.47 Å². The second-order valence-corrected chi connectivity index (χ2v) is 2.08. The van der Waals surface area contributed by atoms with Crippen molar-refractivity contribution in [3.05, 3.63) is 0 Å². The van der Waals surface area contributed by atoms with Gasteiger partial charge in [0.25, 0.3) is 0 Å². The van der Waals surface area contributed by atoms with Gasteiger partial charge in [0.1, 0.15) is 6.79 Å². The van der Waals surface area contributed by atoms with Crippen LogP contribution < -0.4 is 0 Å². The summed E-state index contributed by atoms with van der Waals surface area (Å²) in [6, 6.07) is 0. The summed E-state index contributed by atoms with van der Waals surface area (Å²) in [5, 5.41) is 0.882. The summed E-state index contributed by atoms with van der Waals surface area (Å²) < 4.78 is 9.93. The maximum atomic E-state index is 5.03. The molecule has 0 radical (unpaired) electrons. The standard InChI is InChI=1S/C4H7BrO2/c5-1-4-2-6-3-7-4/h4H,1-3H2/t4-/m0/s1. The summed E-state index contributed by atoms with van der Waals surface area (Å²) in [6.07, 6.45) is 0.292. The van der Waals surface area contributed by atoms with Crippen molar-refractivity contribution in [2.45, 2.75) is 6.10 Å². The van der Waals surface area contributed by atoms with Crippen LogP contribution in [0.3, 0.4) is 0 Å². The Morgan fingerprint density at radius 1 is 1.71 bits per heavy atom. The molecule has 1 aliphatic rings. The van der Waals surface area contributed by atoms with Crippen LogP contribution >= 0.6 is 15.9 Å². The summed E-state index contributed by atoms with van der Waals surface area (Å²) in [5.41, 5.74) is 0. The molecule has 0 aromatic heterocycles. The molecule has 7 heavy (non-hydrogen) atoms. The number of hydrogen-bond donors (Lipinski definition) is 0. The van der Waals surface area contributed by atoms with Gasteiger partial charge >= 0.3 is 0 Å². The van der Waals surface area contributed by atoms with Crippen LogP contribution in [0.4, 0.5) is 0 Å². The summed E-state index contributed by atoms with van der Waals surface area (Å²) in [5.74, 6) is 0. The molecule has 0 aliphatic carbocycles. The van der Waals surface area contributed by atoms with E-state index in [9.17, 15) is 0 Å². The second-order valence-electron chi connectivity index (χ2n) is 1.43. The predicted molar refractivity (Wildman–Crippen MR) is 29.5 cm³/mol. The first-order chi connectivity index (χ1) is 3.43. The number of halogens is 1. The molecule has 0 unspecified atom stereocenters. The molecule has 42 valence electrons. The minimum absolute atomic E-state index is 0.292. The molecule has 1 atom stereocenters. The minimum atomic E-state index is 0.292. The lowest BCUT2D eigenvalue weighted by molar-refractivity contribution is 0.0527. The number of hydrogen-bond acceptors (Lipinski definition) is 2. The Labute approximate surface area is 50.9 Å². The van der Waals surface area contributed by atoms with Crippen LogP contribution in [0, 0.1) is 0 Å². The molecule has 3 heteroatoms. The monoisotopic (exact) mass is 166 g/mol. The zero-order valence-electron chi connectivity index (χ0n) is 3.89. The molecule has 0 N–H and O–H groups in total. The Hall–Kier alpha value is 0.400. The van der Waals surface area contributed by atoms with Gasteiger partial charge in [0, 0.05) is 5.33 Å². The SMILES string of the molecule is BrC[C@H]1COCO1. The highest BCUT2D eigenvalue weighted by Crippen LogP contribution is 2.04. The van der Waals surface area contributed by atoms with Gasteiger partial charge in [0.05, 0.1) is 12.7 Å². The maximum absolute atomic E-state index is 5.03. The predicted octanol–water partition coefficient (Wildman–Crippen LogP) is 0.754. The average Bonchev–Trinajstić information content (AvgIpc) is 2.14. The molecule has 1 rings (SSSR count). The van der Waals surface area contributed by atoms with Gasteiger partial charge in [-0.15, -0.1) is 0 Å². The van der Waals surface area contributed by atoms with Gasteiger partial charge in [-0.1, -0.05) is 15.9 Å². The third kappa shape index (κ3) is 1.40. The Morgan fingerprint density at radius 3 is 2.86 bits per heavy atom. The molecular weight excluding hydrogens is 160 g/mol. The number of rotatable bonds is 1. The van der Waals surface area contributed by atoms with Gasteiger partial charge in [0.2, 0.25) is 0 Å². The quantitative estimate of drug-likeness (QED) is 0.536. The third-order valence-corrected chi connectivity index (χ3v) is 1.59. The fourth-order valence-corrected chi connectivity index (χ4v) is 0.835. The minimum Gasteiger partial charge on any atom is -0.353 e. The summed E-state index contributed by atoms with van der Waals surface area (Å²) in [7, 11) is 0. The zero-order chi connectivity index (χ0) is 5.11. The van der Waals surface area contributed by atoms with Crippen molar-refractivity contribution >= 4 is 15.9 Å². The van der Waals surface area contributed by atoms with Crippen molar-refractivity contribution in [1.82, 2.24) is 0 Å². The fraction of sp³-hybridized carbons (Fsp3) is 1.00. The van der Waals surface area contributed by atoms with E-state index < -0.39 is 0 Å². The largest absolute Gasteiger partial charge is 0.353 e. The van der Waals surface area contributed by atoms with Crippen LogP contribution in [0.2, 0.25) is 0 Å². The molecule has 0 bridgehead atoms. The van der Waals surface area contributed by atoms with Gasteiger partial charge in [-0.25, -0.2) is 0 Å². The van der Waals surface area contributed by atoms with Gasteiger partial charge in [-0.3, -0.25) is 0 Å². The third-order valence-electron chi connectivity index (χ3n) is 0.863. The molecule has 0 aromatic carbocycles. The van der Waals surface area contributed by atoms with Gasteiger partial charge in [-0.05, 0) is 0 Å². The van der Waals surface area contributed by atoms with E-state index in [-0.39, 0.29) is 0 Å². The van der Waals surface area contributed by atoms with Gasteiger partial charge in [-0.2, -0.15) is 0 Å². The second kappa shape index (κ2) is 2.64. The average molecular weight is 167 g/mol. The lowest BCUT2D eigenvalue weighted by Crippen LogP contribution is -2.09. The van der Waals surface area contributed by atoms with Crippen LogP contribution in [0.25, 0.3) is 0 Å². The Morgan fingerprint density at radius 2 is 2.57 bits per heavy atom. The van der Waals surface area contributed by atoms with Crippen LogP contribution in [0.5, 0.6) is 0 Å². The Bertz CT molecular complexity index is 51.7. The van der Waals surface area contributed by atoms with E-state index in [1.54, 1.807) is 0 Å². The molecule has 1 fully saturated rings. The highest BCUT2D eigenvalue weighted by molar-refractivity contribution is 9.09. The highest BCUT2D eigenvalue weighted by Gasteiger charge is 2.12. The molecule has 2 nitrogen and oxygen atoms in total. The molecule has 0 spiro atoms. The summed E-state index contributed by atoms with van der Waals surface area (Å²) in [4.78, 5) is 0. The Balaban J connectivity index is 2.14. The van der Waals surface area contributed by atoms with E-state index in [0.29, 0.717) is 12.9 Å². The van der Waals surface area contributed by atoms with Crippen LogP contribution in [0.15, 0.2) is 0 Å². The normalized spacial score (nSPS) is 31.3. The lowest BCUT2D eigenvalue weighted by atomic mass is 10.5. The van der Waals surface area contributed by atoms with Gasteiger partial charge in [0.15, 0.2) is 0 Å². The molecule has 0 amide bonds. The summed E-state index contributed by atoms with van der Waals surface area (Å²) in [6.45, 7) is 1.21. The smallest absolute Gasteiger partial charge is 0.147 e. The van der Waals surface area contributed by atoms with E-state index in [1.165, 1.54) is 0 Å². The number of alkyl halides is 1. The van der Waals surface area contributed by atoms with E-state index >= 15 is 0 Å². The van der Waals surface area contributed by atoms with E-state index in [2.05, 4.69) is 15.9 Å². The van der Waals surface area contributed by atoms with Gasteiger partial charge < -0.3 is 9.47 Å². The lowest BCUT2D eigenvalue weighted by Gasteiger charge is -1.96. The first-order valence-electron chi connectivity index (χ1n) is 2.19. The topological polar surface area (TPSA) is 18.5 Å². The molecular formula is C4H7BrO2. The van der Waals surface area contributed by atoms with E-state index in [1.807, 2.05) is 0 Å². The molecule has 0 aromatic rings. The van der Waals surface area contributed by atoms with Crippen molar-refractivity contribution in [2.24, 2.45) is 0 Å². The molecule has 0 saturated carbocycles. The van der Waals surface area contributed by atoms with E-state index in [0.717, 1.165) is 11.9 Å². The van der Waals surface area contributed by atoms with Crippen molar-refractivity contribution < 1.29 is 9.47 Å². The zero-order valence-corrected chi connectivity index (χ0v) is 5.48. The van der Waals surface area contributed by atoms with Crippen molar-refractivity contribution in [2.75, 3.05) is 18.7 Å². The van der Waals surface area contributed by atoms with Crippen LogP contribution in [-0.4, -0.2) is 24.8 Å². The van der Waals surface area contributed by atoms with Crippen LogP contribution in [-0.2, 0) is 9.47 Å². The van der Waals surface area contributed by atoms with Crippen molar-refractivity contribution in [3.8, 4) is 0 Å². The highest BCUT2D eigenvalue weighted by atomic mass is 79.9. The molecule has 1 aliphatic heterocycles. The maximum Gasteiger partial charge on any atom is 0.147 e. The summed E-state index contributed by atoms with van der Waals surface area (Å²) >= 11 is 3.27. The molecule has 1 heterocycles. The fourth-order valence-electron chi connectivity index (χ4n) is 0.461. The first-order valence-corrected chi connectivity index (χ1v) is 3.31. The van der Waals surface area contributed by atoms with Crippen molar-refractivity contribution in [1.29, 1.82) is 0 Å². The van der Waals surface area contributed by atoms with Crippen molar-refractivity contribution in [3.63, 3.8) is 0 Å². The first kappa shape index (κ1) is 5.54. The van der Waals surface area contributed by atoms with Crippen LogP contribution in [0.1, 0.15) is 0 Å². The molecule has 1 saturated heterocycles. The Kier molecular flexibility index (Phi) is 2.09.